The number of aryl methyl sites for hydroxylation is 1. The molecule has 2 rings (SSSR count). The van der Waals surface area contributed by atoms with E-state index in [-0.39, 0.29) is 0 Å². The molecule has 1 aromatic carbocycles. The first-order valence-electron chi connectivity index (χ1n) is 6.01. The fourth-order valence-corrected chi connectivity index (χ4v) is 2.82. The molecular formula is C14H18BrN3O. The van der Waals surface area contributed by atoms with E-state index in [4.69, 9.17) is 10.5 Å². The van der Waals surface area contributed by atoms with Crippen LogP contribution < -0.4 is 10.5 Å². The summed E-state index contributed by atoms with van der Waals surface area (Å²) < 4.78 is 8.38. The Morgan fingerprint density at radius 1 is 1.21 bits per heavy atom. The Hall–Kier alpha value is -1.49. The number of nitrogens with zero attached hydrogens (tertiary/aromatic N) is 2. The largest absolute Gasteiger partial charge is 0.496 e. The summed E-state index contributed by atoms with van der Waals surface area (Å²) in [5.74, 6) is 0.837. The topological polar surface area (TPSA) is 53.1 Å². The van der Waals surface area contributed by atoms with Crippen LogP contribution in [-0.2, 0) is 7.05 Å². The maximum atomic E-state index is 6.05. The van der Waals surface area contributed by atoms with E-state index >= 15 is 0 Å². The van der Waals surface area contributed by atoms with Crippen LogP contribution >= 0.6 is 15.9 Å². The molecule has 1 aromatic heterocycles. The van der Waals surface area contributed by atoms with E-state index in [0.29, 0.717) is 5.69 Å². The van der Waals surface area contributed by atoms with Gasteiger partial charge in [-0.05, 0) is 37.5 Å². The van der Waals surface area contributed by atoms with E-state index < -0.39 is 0 Å². The Bertz CT molecular complexity index is 647. The second-order valence-corrected chi connectivity index (χ2v) is 5.50. The van der Waals surface area contributed by atoms with Crippen LogP contribution in [0.2, 0.25) is 0 Å². The molecule has 19 heavy (non-hydrogen) atoms. The zero-order chi connectivity index (χ0) is 14.3. The number of nitrogen functional groups attached to an aromatic ring is 1. The van der Waals surface area contributed by atoms with Crippen LogP contribution in [-0.4, -0.2) is 16.9 Å². The summed E-state index contributed by atoms with van der Waals surface area (Å²) >= 11 is 3.64. The summed E-state index contributed by atoms with van der Waals surface area (Å²) in [7, 11) is 3.54. The molecule has 2 aromatic rings. The van der Waals surface area contributed by atoms with E-state index in [2.05, 4.69) is 28.0 Å². The van der Waals surface area contributed by atoms with E-state index in [9.17, 15) is 0 Å². The van der Waals surface area contributed by atoms with Crippen LogP contribution in [0.1, 0.15) is 16.7 Å². The van der Waals surface area contributed by atoms with Crippen molar-refractivity contribution in [1.29, 1.82) is 0 Å². The first-order valence-corrected chi connectivity index (χ1v) is 6.80. The van der Waals surface area contributed by atoms with Crippen molar-refractivity contribution in [3.05, 3.63) is 27.4 Å². The fraction of sp³-hybridized carbons (Fsp3) is 0.357. The van der Waals surface area contributed by atoms with Gasteiger partial charge in [-0.3, -0.25) is 4.68 Å². The van der Waals surface area contributed by atoms with Gasteiger partial charge < -0.3 is 10.5 Å². The van der Waals surface area contributed by atoms with Crippen molar-refractivity contribution < 1.29 is 4.74 Å². The van der Waals surface area contributed by atoms with Crippen molar-refractivity contribution in [1.82, 2.24) is 9.78 Å². The second-order valence-electron chi connectivity index (χ2n) is 4.70. The molecule has 0 aliphatic carbocycles. The number of anilines is 1. The van der Waals surface area contributed by atoms with Gasteiger partial charge in [-0.25, -0.2) is 0 Å². The van der Waals surface area contributed by atoms with Crippen molar-refractivity contribution >= 4 is 21.6 Å². The molecule has 2 N–H and O–H groups in total. The highest BCUT2D eigenvalue weighted by molar-refractivity contribution is 9.10. The third kappa shape index (κ3) is 2.12. The smallest absolute Gasteiger partial charge is 0.131 e. The first-order chi connectivity index (χ1) is 8.88. The lowest BCUT2D eigenvalue weighted by Gasteiger charge is -2.18. The van der Waals surface area contributed by atoms with Crippen LogP contribution in [0.15, 0.2) is 10.7 Å². The Balaban J connectivity index is 2.86. The van der Waals surface area contributed by atoms with Gasteiger partial charge in [0.15, 0.2) is 0 Å². The highest BCUT2D eigenvalue weighted by Gasteiger charge is 2.21. The van der Waals surface area contributed by atoms with E-state index in [1.54, 1.807) is 18.0 Å². The minimum atomic E-state index is 0.652. The third-order valence-electron chi connectivity index (χ3n) is 3.46. The average molecular weight is 324 g/mol. The molecular weight excluding hydrogens is 306 g/mol. The normalized spacial score (nSPS) is 10.8. The molecule has 0 fully saturated rings. The number of hydrogen-bond acceptors (Lipinski definition) is 3. The van der Waals surface area contributed by atoms with Gasteiger partial charge in [-0.2, -0.15) is 5.10 Å². The Kier molecular flexibility index (Phi) is 3.58. The highest BCUT2D eigenvalue weighted by Crippen LogP contribution is 2.43. The quantitative estimate of drug-likeness (QED) is 0.921. The number of benzene rings is 1. The zero-order valence-electron chi connectivity index (χ0n) is 11.8. The Labute approximate surface area is 121 Å². The van der Waals surface area contributed by atoms with Crippen molar-refractivity contribution in [3.63, 3.8) is 0 Å². The molecule has 0 saturated heterocycles. The van der Waals surface area contributed by atoms with Gasteiger partial charge in [0.05, 0.1) is 18.4 Å². The molecule has 0 radical (unpaired) electrons. The molecule has 0 amide bonds. The van der Waals surface area contributed by atoms with Crippen molar-refractivity contribution in [2.24, 2.45) is 7.05 Å². The standard InChI is InChI=1S/C14H18BrN3O/c1-7-8(2)14(19-5)11(9(3)12(7)15)13-10(16)6-18(4)17-13/h6H,16H2,1-5H3. The zero-order valence-corrected chi connectivity index (χ0v) is 13.4. The number of methoxy groups -OCH3 is 1. The van der Waals surface area contributed by atoms with Gasteiger partial charge >= 0.3 is 0 Å². The Morgan fingerprint density at radius 3 is 2.32 bits per heavy atom. The number of nitrogens with two attached hydrogens (primary N) is 1. The van der Waals surface area contributed by atoms with Crippen LogP contribution in [0.5, 0.6) is 5.75 Å². The molecule has 102 valence electrons. The van der Waals surface area contributed by atoms with Crippen molar-refractivity contribution in [2.75, 3.05) is 12.8 Å². The van der Waals surface area contributed by atoms with Gasteiger partial charge in [0, 0.05) is 17.7 Å². The number of aromatic nitrogens is 2. The predicted octanol–water partition coefficient (Wildman–Crippen LogP) is 3.37. The monoisotopic (exact) mass is 323 g/mol. The SMILES string of the molecule is COc1c(C)c(C)c(Br)c(C)c1-c1nn(C)cc1N. The molecule has 0 unspecified atom stereocenters. The number of halogens is 1. The van der Waals surface area contributed by atoms with E-state index in [1.165, 1.54) is 5.56 Å². The van der Waals surface area contributed by atoms with Crippen LogP contribution in [0.4, 0.5) is 5.69 Å². The predicted molar refractivity (Wildman–Crippen MR) is 81.5 cm³/mol. The molecule has 0 bridgehead atoms. The van der Waals surface area contributed by atoms with E-state index in [0.717, 1.165) is 32.6 Å². The minimum absolute atomic E-state index is 0.652. The number of rotatable bonds is 2. The fourth-order valence-electron chi connectivity index (χ4n) is 2.33. The number of hydrogen-bond donors (Lipinski definition) is 1. The molecule has 0 atom stereocenters. The lowest BCUT2D eigenvalue weighted by Crippen LogP contribution is -2.01. The third-order valence-corrected chi connectivity index (χ3v) is 4.65. The minimum Gasteiger partial charge on any atom is -0.496 e. The van der Waals surface area contributed by atoms with Crippen molar-refractivity contribution in [3.8, 4) is 17.0 Å². The molecule has 0 saturated carbocycles. The summed E-state index contributed by atoms with van der Waals surface area (Å²) in [4.78, 5) is 0. The lowest BCUT2D eigenvalue weighted by atomic mass is 9.96. The van der Waals surface area contributed by atoms with Crippen molar-refractivity contribution in [2.45, 2.75) is 20.8 Å². The van der Waals surface area contributed by atoms with Crippen LogP contribution in [0, 0.1) is 20.8 Å². The van der Waals surface area contributed by atoms with Gasteiger partial charge in [0.1, 0.15) is 11.4 Å². The molecule has 0 spiro atoms. The molecule has 5 heteroatoms. The molecule has 4 nitrogen and oxygen atoms in total. The van der Waals surface area contributed by atoms with Crippen LogP contribution in [0.3, 0.4) is 0 Å². The highest BCUT2D eigenvalue weighted by atomic mass is 79.9. The maximum absolute atomic E-state index is 6.05. The number of ether oxygens (including phenoxy) is 1. The molecule has 0 aliphatic rings. The van der Waals surface area contributed by atoms with Gasteiger partial charge in [0.2, 0.25) is 0 Å². The average Bonchev–Trinajstić information content (AvgIpc) is 2.69. The van der Waals surface area contributed by atoms with Crippen LogP contribution in [0.25, 0.3) is 11.3 Å². The summed E-state index contributed by atoms with van der Waals surface area (Å²) in [5.41, 5.74) is 11.8. The summed E-state index contributed by atoms with van der Waals surface area (Å²) in [6, 6.07) is 0. The molecule has 1 heterocycles. The van der Waals surface area contributed by atoms with Gasteiger partial charge in [0.25, 0.3) is 0 Å². The first kappa shape index (κ1) is 13.9. The summed E-state index contributed by atoms with van der Waals surface area (Å²) in [6.45, 7) is 6.16. The van der Waals surface area contributed by atoms with Gasteiger partial charge in [-0.15, -0.1) is 0 Å². The van der Waals surface area contributed by atoms with Gasteiger partial charge in [-0.1, -0.05) is 15.9 Å². The molecule has 0 aliphatic heterocycles. The second kappa shape index (κ2) is 4.89. The lowest BCUT2D eigenvalue weighted by molar-refractivity contribution is 0.412. The summed E-state index contributed by atoms with van der Waals surface area (Å²) in [5, 5.41) is 4.45. The van der Waals surface area contributed by atoms with E-state index in [1.807, 2.05) is 20.9 Å². The maximum Gasteiger partial charge on any atom is 0.131 e. The Morgan fingerprint density at radius 2 is 1.84 bits per heavy atom. The summed E-state index contributed by atoms with van der Waals surface area (Å²) in [6.07, 6.45) is 1.80.